The number of nitrogens with zero attached hydrogens (tertiary/aromatic N) is 3. The van der Waals surface area contributed by atoms with Crippen molar-refractivity contribution in [1.82, 2.24) is 19.8 Å². The second kappa shape index (κ2) is 8.12. The SMILES string of the molecule is COCCN1C(=S)N[C@H](c2ccccn2)[C@H]1c1cccn1-c1ccc(C)cc1. The van der Waals surface area contributed by atoms with Gasteiger partial charge in [0.1, 0.15) is 0 Å². The van der Waals surface area contributed by atoms with Gasteiger partial charge in [-0.1, -0.05) is 23.8 Å². The highest BCUT2D eigenvalue weighted by molar-refractivity contribution is 7.80. The lowest BCUT2D eigenvalue weighted by Gasteiger charge is -2.28. The summed E-state index contributed by atoms with van der Waals surface area (Å²) in [4.78, 5) is 6.80. The van der Waals surface area contributed by atoms with Crippen LogP contribution in [0.3, 0.4) is 0 Å². The number of rotatable bonds is 6. The Labute approximate surface area is 171 Å². The van der Waals surface area contributed by atoms with Crippen LogP contribution in [-0.2, 0) is 4.74 Å². The van der Waals surface area contributed by atoms with Gasteiger partial charge in [-0.05, 0) is 55.5 Å². The number of aromatic nitrogens is 2. The second-order valence-corrected chi connectivity index (χ2v) is 7.34. The van der Waals surface area contributed by atoms with Gasteiger partial charge in [0.15, 0.2) is 5.11 Å². The number of hydrogen-bond acceptors (Lipinski definition) is 3. The molecule has 144 valence electrons. The summed E-state index contributed by atoms with van der Waals surface area (Å²) in [6.07, 6.45) is 3.93. The van der Waals surface area contributed by atoms with Crippen LogP contribution in [0.5, 0.6) is 0 Å². The van der Waals surface area contributed by atoms with Gasteiger partial charge in [-0.15, -0.1) is 0 Å². The summed E-state index contributed by atoms with van der Waals surface area (Å²) < 4.78 is 7.57. The molecule has 1 fully saturated rings. The highest BCUT2D eigenvalue weighted by Crippen LogP contribution is 2.39. The topological polar surface area (TPSA) is 42.3 Å². The third kappa shape index (κ3) is 3.53. The average Bonchev–Trinajstić information content (AvgIpc) is 3.32. The molecular formula is C22H24N4OS. The summed E-state index contributed by atoms with van der Waals surface area (Å²) >= 11 is 5.68. The second-order valence-electron chi connectivity index (χ2n) is 6.95. The number of hydrogen-bond donors (Lipinski definition) is 1. The Balaban J connectivity index is 1.78. The molecule has 0 bridgehead atoms. The maximum absolute atomic E-state index is 5.68. The van der Waals surface area contributed by atoms with E-state index in [2.05, 4.69) is 69.3 Å². The summed E-state index contributed by atoms with van der Waals surface area (Å²) in [6, 6.07) is 18.8. The van der Waals surface area contributed by atoms with E-state index in [1.165, 1.54) is 11.3 Å². The zero-order chi connectivity index (χ0) is 19.5. The van der Waals surface area contributed by atoms with Crippen molar-refractivity contribution >= 4 is 17.3 Å². The molecule has 1 aliphatic heterocycles. The van der Waals surface area contributed by atoms with E-state index in [0.717, 1.165) is 23.0 Å². The normalized spacial score (nSPS) is 19.1. The van der Waals surface area contributed by atoms with Crippen LogP contribution in [0.4, 0.5) is 0 Å². The molecule has 0 radical (unpaired) electrons. The van der Waals surface area contributed by atoms with Crippen LogP contribution in [-0.4, -0.2) is 39.8 Å². The van der Waals surface area contributed by atoms with Crippen molar-refractivity contribution in [3.05, 3.63) is 83.9 Å². The van der Waals surface area contributed by atoms with E-state index >= 15 is 0 Å². The van der Waals surface area contributed by atoms with E-state index in [9.17, 15) is 0 Å². The molecule has 1 aliphatic rings. The van der Waals surface area contributed by atoms with Gasteiger partial charge in [0.05, 0.1) is 24.4 Å². The molecule has 1 saturated heterocycles. The van der Waals surface area contributed by atoms with Gasteiger partial charge in [0, 0.05) is 37.4 Å². The molecule has 0 aliphatic carbocycles. The Hall–Kier alpha value is -2.70. The smallest absolute Gasteiger partial charge is 0.170 e. The number of thiocarbonyl (C=S) groups is 1. The van der Waals surface area contributed by atoms with Crippen molar-refractivity contribution in [1.29, 1.82) is 0 Å². The van der Waals surface area contributed by atoms with E-state index in [0.29, 0.717) is 6.61 Å². The zero-order valence-corrected chi connectivity index (χ0v) is 16.9. The van der Waals surface area contributed by atoms with E-state index in [4.69, 9.17) is 17.0 Å². The van der Waals surface area contributed by atoms with Crippen LogP contribution in [0.25, 0.3) is 5.69 Å². The molecule has 0 spiro atoms. The fraction of sp³-hybridized carbons (Fsp3) is 0.273. The van der Waals surface area contributed by atoms with Crippen molar-refractivity contribution in [3.8, 4) is 5.69 Å². The lowest BCUT2D eigenvalue weighted by Crippen LogP contribution is -2.33. The third-order valence-corrected chi connectivity index (χ3v) is 5.48. The van der Waals surface area contributed by atoms with Gasteiger partial charge in [-0.2, -0.15) is 0 Å². The number of methoxy groups -OCH3 is 1. The predicted octanol–water partition coefficient (Wildman–Crippen LogP) is 3.80. The van der Waals surface area contributed by atoms with E-state index in [-0.39, 0.29) is 12.1 Å². The lowest BCUT2D eigenvalue weighted by molar-refractivity contribution is 0.163. The van der Waals surface area contributed by atoms with Crippen LogP contribution in [0.15, 0.2) is 67.0 Å². The zero-order valence-electron chi connectivity index (χ0n) is 16.1. The van der Waals surface area contributed by atoms with E-state index < -0.39 is 0 Å². The molecule has 0 amide bonds. The summed E-state index contributed by atoms with van der Waals surface area (Å²) in [5, 5.41) is 4.21. The fourth-order valence-electron chi connectivity index (χ4n) is 3.73. The maximum atomic E-state index is 5.68. The summed E-state index contributed by atoms with van der Waals surface area (Å²) in [5.74, 6) is 0. The minimum absolute atomic E-state index is 0.0221. The Kier molecular flexibility index (Phi) is 5.41. The Morgan fingerprint density at radius 3 is 2.64 bits per heavy atom. The number of benzene rings is 1. The highest BCUT2D eigenvalue weighted by Gasteiger charge is 2.40. The first-order valence-corrected chi connectivity index (χ1v) is 9.81. The molecule has 2 aromatic heterocycles. The number of nitrogens with one attached hydrogen (secondary N) is 1. The van der Waals surface area contributed by atoms with Crippen LogP contribution in [0.2, 0.25) is 0 Å². The summed E-state index contributed by atoms with van der Waals surface area (Å²) in [5.41, 5.74) is 4.53. The minimum Gasteiger partial charge on any atom is -0.383 e. The first-order chi connectivity index (χ1) is 13.7. The molecule has 3 aromatic rings. The monoisotopic (exact) mass is 392 g/mol. The molecule has 3 heterocycles. The van der Waals surface area contributed by atoms with Crippen LogP contribution < -0.4 is 5.32 Å². The van der Waals surface area contributed by atoms with Crippen molar-refractivity contribution in [2.24, 2.45) is 0 Å². The van der Waals surface area contributed by atoms with E-state index in [1.54, 1.807) is 7.11 Å². The maximum Gasteiger partial charge on any atom is 0.170 e. The van der Waals surface area contributed by atoms with Crippen molar-refractivity contribution in [2.75, 3.05) is 20.3 Å². The summed E-state index contributed by atoms with van der Waals surface area (Å²) in [7, 11) is 1.72. The molecule has 6 heteroatoms. The molecular weight excluding hydrogens is 368 g/mol. The Morgan fingerprint density at radius 2 is 1.93 bits per heavy atom. The molecule has 5 nitrogen and oxygen atoms in total. The van der Waals surface area contributed by atoms with Crippen LogP contribution >= 0.6 is 12.2 Å². The van der Waals surface area contributed by atoms with E-state index in [1.807, 2.05) is 24.4 Å². The van der Waals surface area contributed by atoms with Gasteiger partial charge in [0.2, 0.25) is 0 Å². The Morgan fingerprint density at radius 1 is 1.11 bits per heavy atom. The number of ether oxygens (including phenoxy) is 1. The van der Waals surface area contributed by atoms with Gasteiger partial charge in [-0.3, -0.25) is 4.98 Å². The Bertz CT molecular complexity index is 939. The number of pyridine rings is 1. The minimum atomic E-state index is -0.0235. The lowest BCUT2D eigenvalue weighted by atomic mass is 10.0. The van der Waals surface area contributed by atoms with Crippen LogP contribution in [0.1, 0.15) is 29.0 Å². The van der Waals surface area contributed by atoms with Gasteiger partial charge < -0.3 is 19.5 Å². The largest absolute Gasteiger partial charge is 0.383 e. The molecule has 4 rings (SSSR count). The molecule has 1 aromatic carbocycles. The number of aryl methyl sites for hydroxylation is 1. The molecule has 0 unspecified atom stereocenters. The predicted molar refractivity (Wildman–Crippen MR) is 115 cm³/mol. The third-order valence-electron chi connectivity index (χ3n) is 5.13. The van der Waals surface area contributed by atoms with Crippen molar-refractivity contribution in [2.45, 2.75) is 19.0 Å². The van der Waals surface area contributed by atoms with Crippen LogP contribution in [0, 0.1) is 6.92 Å². The molecule has 2 atom stereocenters. The standard InChI is InChI=1S/C22H24N4OS/c1-16-8-10-17(11-9-16)25-13-5-7-19(25)21-20(18-6-3-4-12-23-18)24-22(28)26(21)14-15-27-2/h3-13,20-21H,14-15H2,1-2H3,(H,24,28)/t20-,21-/m1/s1. The molecule has 1 N–H and O–H groups in total. The highest BCUT2D eigenvalue weighted by atomic mass is 32.1. The average molecular weight is 393 g/mol. The first kappa shape index (κ1) is 18.7. The molecule has 0 saturated carbocycles. The molecule has 28 heavy (non-hydrogen) atoms. The van der Waals surface area contributed by atoms with Gasteiger partial charge in [0.25, 0.3) is 0 Å². The van der Waals surface area contributed by atoms with Gasteiger partial charge >= 0.3 is 0 Å². The van der Waals surface area contributed by atoms with Gasteiger partial charge in [-0.25, -0.2) is 0 Å². The van der Waals surface area contributed by atoms with Crippen molar-refractivity contribution < 1.29 is 4.74 Å². The van der Waals surface area contributed by atoms with Crippen molar-refractivity contribution in [3.63, 3.8) is 0 Å². The summed E-state index contributed by atoms with van der Waals surface area (Å²) in [6.45, 7) is 3.43. The fourth-order valence-corrected chi connectivity index (χ4v) is 4.06. The quantitative estimate of drug-likeness (QED) is 0.647. The first-order valence-electron chi connectivity index (χ1n) is 9.40.